The van der Waals surface area contributed by atoms with Gasteiger partial charge in [-0.2, -0.15) is 0 Å². The van der Waals surface area contributed by atoms with Crippen molar-refractivity contribution in [2.45, 2.75) is 97.4 Å². The molecule has 4 aliphatic carbocycles. The Balaban J connectivity index is 1.46. The SMILES string of the molecule is CC(CCCC(N)C(=O)O)C1CCC2C3=CCC4CC(=O)CCC4(C)C3CCC21C. The van der Waals surface area contributed by atoms with Crippen LogP contribution in [0.25, 0.3) is 0 Å². The van der Waals surface area contributed by atoms with Gasteiger partial charge in [0.15, 0.2) is 0 Å². The minimum Gasteiger partial charge on any atom is -0.480 e. The molecule has 8 atom stereocenters. The summed E-state index contributed by atoms with van der Waals surface area (Å²) in [7, 11) is 0. The fourth-order valence-corrected chi connectivity index (χ4v) is 8.26. The first kappa shape index (κ1) is 22.0. The zero-order valence-electron chi connectivity index (χ0n) is 19.2. The van der Waals surface area contributed by atoms with Crippen molar-refractivity contribution in [3.05, 3.63) is 11.6 Å². The van der Waals surface area contributed by atoms with E-state index in [2.05, 4.69) is 26.8 Å². The summed E-state index contributed by atoms with van der Waals surface area (Å²) in [6.45, 7) is 7.42. The molecule has 0 heterocycles. The van der Waals surface area contributed by atoms with Crippen molar-refractivity contribution in [1.29, 1.82) is 0 Å². The molecule has 4 aliphatic rings. The molecule has 0 aromatic heterocycles. The van der Waals surface area contributed by atoms with Gasteiger partial charge in [0.05, 0.1) is 0 Å². The van der Waals surface area contributed by atoms with Gasteiger partial charge in [-0.3, -0.25) is 9.59 Å². The van der Waals surface area contributed by atoms with Crippen molar-refractivity contribution in [2.75, 3.05) is 0 Å². The lowest BCUT2D eigenvalue weighted by Crippen LogP contribution is -2.49. The third-order valence-corrected chi connectivity index (χ3v) is 10.1. The third-order valence-electron chi connectivity index (χ3n) is 10.1. The standard InChI is InChI=1S/C26H41NO3/c1-16(5-4-6-23(27)24(29)30)20-9-10-21-19-8-7-17-15-18(28)11-13-25(17,2)22(19)12-14-26(20,21)3/h8,16-17,20-23H,4-7,9-15,27H2,1-3H3,(H,29,30). The Hall–Kier alpha value is -1.16. The highest BCUT2D eigenvalue weighted by Gasteiger charge is 2.58. The third kappa shape index (κ3) is 3.57. The number of carboxylic acids is 1. The van der Waals surface area contributed by atoms with Crippen LogP contribution in [0.15, 0.2) is 11.6 Å². The Labute approximate surface area is 182 Å². The normalized spacial score (nSPS) is 42.5. The molecule has 0 aromatic carbocycles. The van der Waals surface area contributed by atoms with E-state index in [0.29, 0.717) is 46.7 Å². The number of carboxylic acid groups (broad SMARTS) is 1. The van der Waals surface area contributed by atoms with Crippen molar-refractivity contribution in [2.24, 2.45) is 46.2 Å². The van der Waals surface area contributed by atoms with Crippen molar-refractivity contribution >= 4 is 11.8 Å². The second kappa shape index (κ2) is 8.07. The Morgan fingerprint density at radius 2 is 1.90 bits per heavy atom. The van der Waals surface area contributed by atoms with Crippen LogP contribution in [-0.2, 0) is 9.59 Å². The molecule has 0 aromatic rings. The fourth-order valence-electron chi connectivity index (χ4n) is 8.26. The first-order chi connectivity index (χ1) is 14.2. The van der Waals surface area contributed by atoms with Crippen LogP contribution in [0.1, 0.15) is 91.4 Å². The van der Waals surface area contributed by atoms with Crippen LogP contribution >= 0.6 is 0 Å². The lowest BCUT2D eigenvalue weighted by molar-refractivity contribution is -0.138. The van der Waals surface area contributed by atoms with E-state index in [4.69, 9.17) is 10.8 Å². The molecular weight excluding hydrogens is 374 g/mol. The van der Waals surface area contributed by atoms with E-state index in [-0.39, 0.29) is 0 Å². The van der Waals surface area contributed by atoms with Gasteiger partial charge in [-0.05, 0) is 85.4 Å². The summed E-state index contributed by atoms with van der Waals surface area (Å²) in [6.07, 6.45) is 14.1. The quantitative estimate of drug-likeness (QED) is 0.573. The van der Waals surface area contributed by atoms with Gasteiger partial charge in [-0.1, -0.05) is 45.3 Å². The highest BCUT2D eigenvalue weighted by atomic mass is 16.4. The van der Waals surface area contributed by atoms with Crippen molar-refractivity contribution in [1.82, 2.24) is 0 Å². The van der Waals surface area contributed by atoms with Gasteiger partial charge in [0.25, 0.3) is 0 Å². The van der Waals surface area contributed by atoms with E-state index in [1.54, 1.807) is 5.57 Å². The van der Waals surface area contributed by atoms with Gasteiger partial charge < -0.3 is 10.8 Å². The topological polar surface area (TPSA) is 80.4 Å². The van der Waals surface area contributed by atoms with Gasteiger partial charge in [0.2, 0.25) is 0 Å². The molecule has 0 spiro atoms. The molecule has 0 bridgehead atoms. The van der Waals surface area contributed by atoms with Crippen molar-refractivity contribution in [3.8, 4) is 0 Å². The molecule has 0 saturated heterocycles. The molecule has 3 fully saturated rings. The minimum atomic E-state index is -0.880. The van der Waals surface area contributed by atoms with E-state index in [9.17, 15) is 9.59 Å². The lowest BCUT2D eigenvalue weighted by atomic mass is 9.47. The number of hydrogen-bond donors (Lipinski definition) is 2. The number of nitrogens with two attached hydrogens (primary N) is 1. The van der Waals surface area contributed by atoms with Gasteiger partial charge in [0.1, 0.15) is 11.8 Å². The predicted octanol–water partition coefficient (Wildman–Crippen LogP) is 5.35. The Morgan fingerprint density at radius 3 is 2.63 bits per heavy atom. The summed E-state index contributed by atoms with van der Waals surface area (Å²) >= 11 is 0. The molecule has 168 valence electrons. The highest BCUT2D eigenvalue weighted by molar-refractivity contribution is 5.79. The largest absolute Gasteiger partial charge is 0.480 e. The molecule has 4 rings (SSSR count). The Kier molecular flexibility index (Phi) is 5.93. The van der Waals surface area contributed by atoms with E-state index >= 15 is 0 Å². The molecule has 0 radical (unpaired) electrons. The summed E-state index contributed by atoms with van der Waals surface area (Å²) in [5, 5.41) is 9.03. The number of carbonyl (C=O) groups excluding carboxylic acids is 1. The number of Topliss-reactive ketones (excluding diaryl/α,β-unsaturated/α-hetero) is 1. The molecule has 0 amide bonds. The maximum atomic E-state index is 12.1. The molecule has 4 nitrogen and oxygen atoms in total. The number of allylic oxidation sites excluding steroid dienone is 2. The van der Waals surface area contributed by atoms with Crippen molar-refractivity contribution < 1.29 is 14.7 Å². The van der Waals surface area contributed by atoms with Gasteiger partial charge >= 0.3 is 5.97 Å². The van der Waals surface area contributed by atoms with Crippen LogP contribution < -0.4 is 5.73 Å². The number of carbonyl (C=O) groups is 2. The maximum absolute atomic E-state index is 12.1. The molecule has 3 N–H and O–H groups in total. The summed E-state index contributed by atoms with van der Waals surface area (Å²) < 4.78 is 0. The average molecular weight is 416 g/mol. The number of hydrogen-bond acceptors (Lipinski definition) is 3. The highest BCUT2D eigenvalue weighted by Crippen LogP contribution is 2.66. The second-order valence-corrected chi connectivity index (χ2v) is 11.6. The van der Waals surface area contributed by atoms with E-state index in [0.717, 1.165) is 44.4 Å². The lowest BCUT2D eigenvalue weighted by Gasteiger charge is -2.57. The molecule has 3 saturated carbocycles. The predicted molar refractivity (Wildman–Crippen MR) is 119 cm³/mol. The smallest absolute Gasteiger partial charge is 0.320 e. The van der Waals surface area contributed by atoms with Crippen LogP contribution in [0.5, 0.6) is 0 Å². The summed E-state index contributed by atoms with van der Waals surface area (Å²) in [6, 6.07) is -0.719. The van der Waals surface area contributed by atoms with Crippen LogP contribution in [0.2, 0.25) is 0 Å². The molecule has 4 heteroatoms. The molecule has 8 unspecified atom stereocenters. The van der Waals surface area contributed by atoms with Crippen LogP contribution in [-0.4, -0.2) is 22.9 Å². The van der Waals surface area contributed by atoms with Crippen LogP contribution in [0.3, 0.4) is 0 Å². The Bertz CT molecular complexity index is 730. The molecule has 30 heavy (non-hydrogen) atoms. The van der Waals surface area contributed by atoms with E-state index in [1.807, 2.05) is 0 Å². The average Bonchev–Trinajstić information content (AvgIpc) is 3.05. The number of ketones is 1. The number of fused-ring (bicyclic) bond motifs is 5. The van der Waals surface area contributed by atoms with E-state index < -0.39 is 12.0 Å². The first-order valence-electron chi connectivity index (χ1n) is 12.4. The van der Waals surface area contributed by atoms with Crippen LogP contribution in [0, 0.1) is 40.4 Å². The van der Waals surface area contributed by atoms with Gasteiger partial charge in [-0.15, -0.1) is 0 Å². The van der Waals surface area contributed by atoms with Crippen LogP contribution in [0.4, 0.5) is 0 Å². The van der Waals surface area contributed by atoms with Gasteiger partial charge in [-0.25, -0.2) is 0 Å². The minimum absolute atomic E-state index is 0.329. The fraction of sp³-hybridized carbons (Fsp3) is 0.846. The molecular formula is C26H41NO3. The molecule has 0 aliphatic heterocycles. The zero-order valence-corrected chi connectivity index (χ0v) is 19.2. The summed E-state index contributed by atoms with van der Waals surface area (Å²) in [5.41, 5.74) is 8.17. The Morgan fingerprint density at radius 1 is 1.17 bits per heavy atom. The number of rotatable bonds is 6. The number of aliphatic carboxylic acids is 1. The monoisotopic (exact) mass is 415 g/mol. The van der Waals surface area contributed by atoms with Gasteiger partial charge in [0, 0.05) is 12.8 Å². The van der Waals surface area contributed by atoms with E-state index in [1.165, 1.54) is 25.7 Å². The zero-order chi connectivity index (χ0) is 21.7. The second-order valence-electron chi connectivity index (χ2n) is 11.6. The maximum Gasteiger partial charge on any atom is 0.320 e. The first-order valence-corrected chi connectivity index (χ1v) is 12.4. The van der Waals surface area contributed by atoms with Crippen molar-refractivity contribution in [3.63, 3.8) is 0 Å². The summed E-state index contributed by atoms with van der Waals surface area (Å²) in [4.78, 5) is 23.1. The summed E-state index contributed by atoms with van der Waals surface area (Å²) in [5.74, 6) is 2.90.